The highest BCUT2D eigenvalue weighted by Crippen LogP contribution is 2.31. The average Bonchev–Trinajstić information content (AvgIpc) is 3.09. The van der Waals surface area contributed by atoms with Crippen molar-refractivity contribution in [1.82, 2.24) is 19.5 Å². The Labute approximate surface area is 126 Å². The number of nitrogens with zero attached hydrogens (tertiary/aromatic N) is 4. The lowest BCUT2D eigenvalue weighted by atomic mass is 10.2. The van der Waals surface area contributed by atoms with Crippen molar-refractivity contribution >= 4 is 11.6 Å². The number of amides is 1. The number of hydrogen-bond acceptors (Lipinski definition) is 5. The number of methoxy groups -OCH3 is 1. The molecule has 3 aromatic rings. The van der Waals surface area contributed by atoms with E-state index in [0.29, 0.717) is 11.4 Å². The molecule has 0 spiro atoms. The van der Waals surface area contributed by atoms with Gasteiger partial charge in [0.05, 0.1) is 24.8 Å². The van der Waals surface area contributed by atoms with E-state index in [1.807, 2.05) is 12.1 Å². The Bertz CT molecular complexity index is 772. The number of para-hydroxylation sites is 1. The van der Waals surface area contributed by atoms with Crippen LogP contribution >= 0.6 is 0 Å². The number of imidazole rings is 1. The van der Waals surface area contributed by atoms with Crippen LogP contribution in [0.4, 0.5) is 5.69 Å². The monoisotopic (exact) mass is 295 g/mol. The lowest BCUT2D eigenvalue weighted by Crippen LogP contribution is -2.14. The highest BCUT2D eigenvalue weighted by Gasteiger charge is 2.14. The van der Waals surface area contributed by atoms with E-state index in [2.05, 4.69) is 20.3 Å². The van der Waals surface area contributed by atoms with Crippen molar-refractivity contribution < 1.29 is 9.53 Å². The third kappa shape index (κ3) is 2.64. The van der Waals surface area contributed by atoms with Gasteiger partial charge >= 0.3 is 0 Å². The Morgan fingerprint density at radius 2 is 2.14 bits per heavy atom. The fourth-order valence-electron chi connectivity index (χ4n) is 2.05. The summed E-state index contributed by atoms with van der Waals surface area (Å²) in [6, 6.07) is 7.01. The summed E-state index contributed by atoms with van der Waals surface area (Å²) in [7, 11) is 1.55. The van der Waals surface area contributed by atoms with Crippen LogP contribution in [0.5, 0.6) is 5.75 Å². The summed E-state index contributed by atoms with van der Waals surface area (Å²) in [6.07, 6.45) is 7.97. The first-order valence-electron chi connectivity index (χ1n) is 6.52. The standard InChI is InChI=1S/C15H13N5O2/c1-22-14-11(19-15(21)12-5-6-16-9-18-12)3-2-4-13(14)20-8-7-17-10-20/h2-10H,1H3,(H,19,21). The third-order valence-electron chi connectivity index (χ3n) is 3.04. The normalized spacial score (nSPS) is 10.2. The predicted molar refractivity (Wildman–Crippen MR) is 80.1 cm³/mol. The number of anilines is 1. The number of aromatic nitrogens is 4. The molecule has 7 nitrogen and oxygen atoms in total. The number of hydrogen-bond donors (Lipinski definition) is 1. The van der Waals surface area contributed by atoms with E-state index >= 15 is 0 Å². The van der Waals surface area contributed by atoms with Gasteiger partial charge in [-0.15, -0.1) is 0 Å². The van der Waals surface area contributed by atoms with Crippen LogP contribution in [-0.4, -0.2) is 32.5 Å². The Morgan fingerprint density at radius 3 is 2.82 bits per heavy atom. The van der Waals surface area contributed by atoms with Gasteiger partial charge in [0.2, 0.25) is 0 Å². The Hall–Kier alpha value is -3.22. The molecular formula is C15H13N5O2. The molecule has 110 valence electrons. The molecule has 7 heteroatoms. The number of benzene rings is 1. The molecule has 0 unspecified atom stereocenters. The molecule has 1 aromatic carbocycles. The van der Waals surface area contributed by atoms with E-state index in [0.717, 1.165) is 5.69 Å². The van der Waals surface area contributed by atoms with Gasteiger partial charge in [-0.1, -0.05) is 6.07 Å². The molecule has 0 radical (unpaired) electrons. The van der Waals surface area contributed by atoms with Gasteiger partial charge in [-0.05, 0) is 18.2 Å². The molecular weight excluding hydrogens is 282 g/mol. The smallest absolute Gasteiger partial charge is 0.274 e. The highest BCUT2D eigenvalue weighted by atomic mass is 16.5. The van der Waals surface area contributed by atoms with Crippen LogP contribution in [0, 0.1) is 0 Å². The van der Waals surface area contributed by atoms with E-state index < -0.39 is 0 Å². The second-order valence-corrected chi connectivity index (χ2v) is 4.38. The van der Waals surface area contributed by atoms with Gasteiger partial charge in [0.25, 0.3) is 5.91 Å². The third-order valence-corrected chi connectivity index (χ3v) is 3.04. The van der Waals surface area contributed by atoms with Crippen LogP contribution in [-0.2, 0) is 0 Å². The van der Waals surface area contributed by atoms with E-state index in [-0.39, 0.29) is 11.6 Å². The molecule has 1 N–H and O–H groups in total. The second-order valence-electron chi connectivity index (χ2n) is 4.38. The zero-order valence-electron chi connectivity index (χ0n) is 11.8. The largest absolute Gasteiger partial charge is 0.492 e. The van der Waals surface area contributed by atoms with Crippen LogP contribution in [0.3, 0.4) is 0 Å². The summed E-state index contributed by atoms with van der Waals surface area (Å²) in [5.41, 5.74) is 1.61. The Kier molecular flexibility index (Phi) is 3.78. The molecule has 1 amide bonds. The van der Waals surface area contributed by atoms with E-state index in [1.54, 1.807) is 42.5 Å². The summed E-state index contributed by atoms with van der Waals surface area (Å²) in [6.45, 7) is 0. The Balaban J connectivity index is 1.94. The molecule has 22 heavy (non-hydrogen) atoms. The molecule has 0 saturated carbocycles. The first-order valence-corrected chi connectivity index (χ1v) is 6.52. The first kappa shape index (κ1) is 13.7. The topological polar surface area (TPSA) is 81.9 Å². The summed E-state index contributed by atoms with van der Waals surface area (Å²) in [5, 5.41) is 2.79. The van der Waals surface area contributed by atoms with Crippen LogP contribution in [0.1, 0.15) is 10.5 Å². The van der Waals surface area contributed by atoms with E-state index in [9.17, 15) is 4.79 Å². The summed E-state index contributed by atoms with van der Waals surface area (Å²) in [4.78, 5) is 23.9. The van der Waals surface area contributed by atoms with Crippen molar-refractivity contribution in [1.29, 1.82) is 0 Å². The van der Waals surface area contributed by atoms with Crippen molar-refractivity contribution in [3.05, 3.63) is 61.2 Å². The maximum Gasteiger partial charge on any atom is 0.274 e. The fourth-order valence-corrected chi connectivity index (χ4v) is 2.05. The molecule has 0 aliphatic heterocycles. The molecule has 3 rings (SSSR count). The van der Waals surface area contributed by atoms with Crippen LogP contribution < -0.4 is 10.1 Å². The van der Waals surface area contributed by atoms with Gasteiger partial charge in [-0.3, -0.25) is 4.79 Å². The van der Waals surface area contributed by atoms with Crippen LogP contribution in [0.2, 0.25) is 0 Å². The fraction of sp³-hybridized carbons (Fsp3) is 0.0667. The maximum absolute atomic E-state index is 12.2. The predicted octanol–water partition coefficient (Wildman–Crippen LogP) is 1.92. The van der Waals surface area contributed by atoms with Crippen molar-refractivity contribution in [3.8, 4) is 11.4 Å². The lowest BCUT2D eigenvalue weighted by molar-refractivity contribution is 0.102. The number of carbonyl (C=O) groups excluding carboxylic acids is 1. The molecule has 0 fully saturated rings. The molecule has 0 aliphatic rings. The minimum absolute atomic E-state index is 0.282. The van der Waals surface area contributed by atoms with Gasteiger partial charge in [0.15, 0.2) is 5.75 Å². The summed E-state index contributed by atoms with van der Waals surface area (Å²) < 4.78 is 7.25. The van der Waals surface area contributed by atoms with Gasteiger partial charge in [-0.25, -0.2) is 15.0 Å². The maximum atomic E-state index is 12.2. The number of nitrogens with one attached hydrogen (secondary N) is 1. The Morgan fingerprint density at radius 1 is 1.23 bits per heavy atom. The van der Waals surface area contributed by atoms with Crippen molar-refractivity contribution in [2.75, 3.05) is 12.4 Å². The first-order chi connectivity index (χ1) is 10.8. The average molecular weight is 295 g/mol. The molecule has 0 aliphatic carbocycles. The molecule has 0 atom stereocenters. The minimum atomic E-state index is -0.330. The zero-order valence-corrected chi connectivity index (χ0v) is 11.8. The van der Waals surface area contributed by atoms with E-state index in [4.69, 9.17) is 4.74 Å². The second kappa shape index (κ2) is 6.04. The number of carbonyl (C=O) groups is 1. The van der Waals surface area contributed by atoms with Crippen molar-refractivity contribution in [2.45, 2.75) is 0 Å². The molecule has 0 saturated heterocycles. The van der Waals surface area contributed by atoms with E-state index in [1.165, 1.54) is 12.5 Å². The molecule has 2 aromatic heterocycles. The minimum Gasteiger partial charge on any atom is -0.492 e. The van der Waals surface area contributed by atoms with Gasteiger partial charge in [0, 0.05) is 18.6 Å². The van der Waals surface area contributed by atoms with Crippen molar-refractivity contribution in [2.24, 2.45) is 0 Å². The molecule has 2 heterocycles. The summed E-state index contributed by atoms with van der Waals surface area (Å²) in [5.74, 6) is 0.214. The van der Waals surface area contributed by atoms with Crippen LogP contribution in [0.25, 0.3) is 5.69 Å². The van der Waals surface area contributed by atoms with Crippen LogP contribution in [0.15, 0.2) is 55.5 Å². The number of ether oxygens (including phenoxy) is 1. The highest BCUT2D eigenvalue weighted by molar-refractivity contribution is 6.03. The summed E-state index contributed by atoms with van der Waals surface area (Å²) >= 11 is 0. The SMILES string of the molecule is COc1c(NC(=O)c2ccncn2)cccc1-n1ccnc1. The number of rotatable bonds is 4. The van der Waals surface area contributed by atoms with Gasteiger partial charge < -0.3 is 14.6 Å². The molecule has 0 bridgehead atoms. The zero-order chi connectivity index (χ0) is 15.4. The quantitative estimate of drug-likeness (QED) is 0.795. The van der Waals surface area contributed by atoms with Crippen molar-refractivity contribution in [3.63, 3.8) is 0 Å². The van der Waals surface area contributed by atoms with Gasteiger partial charge in [0.1, 0.15) is 12.0 Å². The lowest BCUT2D eigenvalue weighted by Gasteiger charge is -2.14. The van der Waals surface area contributed by atoms with Gasteiger partial charge in [-0.2, -0.15) is 0 Å².